The average molecular weight is 356 g/mol. The predicted molar refractivity (Wildman–Crippen MR) is 102 cm³/mol. The van der Waals surface area contributed by atoms with Crippen molar-refractivity contribution in [1.82, 2.24) is 15.3 Å². The number of rotatable bonds is 4. The summed E-state index contributed by atoms with van der Waals surface area (Å²) < 4.78 is 0. The highest BCUT2D eigenvalue weighted by Crippen LogP contribution is 2.32. The molecule has 2 amide bonds. The van der Waals surface area contributed by atoms with Gasteiger partial charge < -0.3 is 10.6 Å². The van der Waals surface area contributed by atoms with Crippen molar-refractivity contribution in [3.8, 4) is 0 Å². The van der Waals surface area contributed by atoms with Crippen LogP contribution in [0.1, 0.15) is 12.6 Å². The molecule has 1 aromatic carbocycles. The molecule has 25 heavy (non-hydrogen) atoms. The highest BCUT2D eigenvalue weighted by Gasteiger charge is 2.09. The maximum atomic E-state index is 11.7. The van der Waals surface area contributed by atoms with Crippen molar-refractivity contribution in [1.29, 1.82) is 0 Å². The zero-order chi connectivity index (χ0) is 17.8. The summed E-state index contributed by atoms with van der Waals surface area (Å²) in [6.07, 6.45) is 3.46. The van der Waals surface area contributed by atoms with Gasteiger partial charge in [0.1, 0.15) is 5.82 Å². The van der Waals surface area contributed by atoms with E-state index in [-0.39, 0.29) is 6.03 Å². The Morgan fingerprint density at radius 3 is 2.68 bits per heavy atom. The Morgan fingerprint density at radius 2 is 1.96 bits per heavy atom. The molecule has 0 radical (unpaired) electrons. The van der Waals surface area contributed by atoms with Gasteiger partial charge in [-0.1, -0.05) is 11.6 Å². The number of hydrogen-bond donors (Lipinski definition) is 3. The first-order chi connectivity index (χ1) is 12.1. The van der Waals surface area contributed by atoms with Gasteiger partial charge in [0.25, 0.3) is 0 Å². The minimum absolute atomic E-state index is 0.300. The summed E-state index contributed by atoms with van der Waals surface area (Å²) in [6, 6.07) is 9.05. The van der Waals surface area contributed by atoms with E-state index in [4.69, 9.17) is 11.6 Å². The first kappa shape index (κ1) is 17.0. The molecular weight excluding hydrogens is 338 g/mol. The second-order valence-electron chi connectivity index (χ2n) is 5.51. The number of nitrogens with zero attached hydrogens (tertiary/aromatic N) is 2. The molecule has 0 bridgehead atoms. The molecule has 2 aromatic heterocycles. The SMILES string of the molecule is CCNC(=O)Nc1cc2c(Cl)ccc(Nc3ccc(C)nc3)c2cn1. The number of fused-ring (bicyclic) bond motifs is 1. The minimum Gasteiger partial charge on any atom is -0.354 e. The van der Waals surface area contributed by atoms with Gasteiger partial charge in [-0.05, 0) is 44.2 Å². The molecule has 0 spiro atoms. The topological polar surface area (TPSA) is 78.9 Å². The molecule has 128 valence electrons. The van der Waals surface area contributed by atoms with E-state index in [1.54, 1.807) is 18.5 Å². The van der Waals surface area contributed by atoms with Gasteiger partial charge in [0.05, 0.1) is 11.9 Å². The van der Waals surface area contributed by atoms with Crippen molar-refractivity contribution < 1.29 is 4.79 Å². The van der Waals surface area contributed by atoms with Crippen molar-refractivity contribution in [3.05, 3.63) is 53.4 Å². The third-order valence-corrected chi connectivity index (χ3v) is 3.95. The van der Waals surface area contributed by atoms with E-state index in [0.717, 1.165) is 27.8 Å². The first-order valence-corrected chi connectivity index (χ1v) is 8.27. The molecule has 0 unspecified atom stereocenters. The van der Waals surface area contributed by atoms with Gasteiger partial charge in [-0.3, -0.25) is 10.3 Å². The highest BCUT2D eigenvalue weighted by molar-refractivity contribution is 6.36. The molecule has 0 aliphatic carbocycles. The Morgan fingerprint density at radius 1 is 1.12 bits per heavy atom. The summed E-state index contributed by atoms with van der Waals surface area (Å²) in [5.41, 5.74) is 2.69. The van der Waals surface area contributed by atoms with E-state index in [1.165, 1.54) is 0 Å². The van der Waals surface area contributed by atoms with Gasteiger partial charge in [0.2, 0.25) is 0 Å². The Labute approximate surface area is 150 Å². The maximum Gasteiger partial charge on any atom is 0.320 e. The van der Waals surface area contributed by atoms with Crippen LogP contribution >= 0.6 is 11.6 Å². The lowest BCUT2D eigenvalue weighted by molar-refractivity contribution is 0.252. The number of anilines is 3. The molecule has 0 atom stereocenters. The normalized spacial score (nSPS) is 10.5. The fourth-order valence-electron chi connectivity index (χ4n) is 2.40. The lowest BCUT2D eigenvalue weighted by Gasteiger charge is -2.12. The molecular formula is C18H18ClN5O. The van der Waals surface area contributed by atoms with E-state index >= 15 is 0 Å². The smallest absolute Gasteiger partial charge is 0.320 e. The number of carbonyl (C=O) groups excluding carboxylic acids is 1. The molecule has 7 heteroatoms. The van der Waals surface area contributed by atoms with Crippen LogP contribution in [-0.4, -0.2) is 22.5 Å². The van der Waals surface area contributed by atoms with Crippen molar-refractivity contribution in [3.63, 3.8) is 0 Å². The van der Waals surface area contributed by atoms with Gasteiger partial charge in [-0.2, -0.15) is 0 Å². The van der Waals surface area contributed by atoms with Crippen molar-refractivity contribution >= 4 is 45.6 Å². The number of aryl methyl sites for hydroxylation is 1. The first-order valence-electron chi connectivity index (χ1n) is 7.89. The third kappa shape index (κ3) is 3.97. The number of hydrogen-bond acceptors (Lipinski definition) is 4. The van der Waals surface area contributed by atoms with Crippen LogP contribution in [-0.2, 0) is 0 Å². The van der Waals surface area contributed by atoms with E-state index < -0.39 is 0 Å². The van der Waals surface area contributed by atoms with Crippen LogP contribution in [0.3, 0.4) is 0 Å². The monoisotopic (exact) mass is 355 g/mol. The van der Waals surface area contributed by atoms with Crippen LogP contribution < -0.4 is 16.0 Å². The summed E-state index contributed by atoms with van der Waals surface area (Å²) in [4.78, 5) is 20.2. The van der Waals surface area contributed by atoms with E-state index in [1.807, 2.05) is 38.1 Å². The number of urea groups is 1. The van der Waals surface area contributed by atoms with Crippen LogP contribution in [0, 0.1) is 6.92 Å². The van der Waals surface area contributed by atoms with Crippen molar-refractivity contribution in [2.45, 2.75) is 13.8 Å². The molecule has 0 aliphatic heterocycles. The Kier molecular flexibility index (Phi) is 5.00. The number of pyridine rings is 2. The van der Waals surface area contributed by atoms with Gasteiger partial charge >= 0.3 is 6.03 Å². The molecule has 0 aliphatic rings. The number of benzene rings is 1. The summed E-state index contributed by atoms with van der Waals surface area (Å²) in [6.45, 7) is 4.33. The summed E-state index contributed by atoms with van der Waals surface area (Å²) in [7, 11) is 0. The lowest BCUT2D eigenvalue weighted by atomic mass is 10.1. The Bertz CT molecular complexity index is 911. The number of carbonyl (C=O) groups is 1. The largest absolute Gasteiger partial charge is 0.354 e. The van der Waals surface area contributed by atoms with Crippen molar-refractivity contribution in [2.24, 2.45) is 0 Å². The second-order valence-corrected chi connectivity index (χ2v) is 5.91. The average Bonchev–Trinajstić information content (AvgIpc) is 2.60. The standard InChI is InChI=1S/C18H18ClN5O/c1-3-20-18(25)24-17-8-13-14(10-22-17)16(7-6-15(13)19)23-12-5-4-11(2)21-9-12/h4-10,23H,3H2,1-2H3,(H2,20,22,24,25). The molecule has 3 rings (SSSR count). The number of halogens is 1. The molecule has 3 N–H and O–H groups in total. The lowest BCUT2D eigenvalue weighted by Crippen LogP contribution is -2.28. The van der Waals surface area contributed by atoms with E-state index in [2.05, 4.69) is 25.9 Å². The molecule has 0 saturated heterocycles. The van der Waals surface area contributed by atoms with Crippen LogP contribution in [0.2, 0.25) is 5.02 Å². The molecule has 6 nitrogen and oxygen atoms in total. The van der Waals surface area contributed by atoms with Gasteiger partial charge in [-0.15, -0.1) is 0 Å². The predicted octanol–water partition coefficient (Wildman–Crippen LogP) is 4.48. The number of amides is 2. The van der Waals surface area contributed by atoms with E-state index in [0.29, 0.717) is 17.4 Å². The van der Waals surface area contributed by atoms with Crippen LogP contribution in [0.4, 0.5) is 22.0 Å². The number of aromatic nitrogens is 2. The fraction of sp³-hybridized carbons (Fsp3) is 0.167. The summed E-state index contributed by atoms with van der Waals surface area (Å²) in [5.74, 6) is 0.439. The molecule has 0 fully saturated rings. The van der Waals surface area contributed by atoms with Crippen LogP contribution in [0.25, 0.3) is 10.8 Å². The van der Waals surface area contributed by atoms with Gasteiger partial charge in [-0.25, -0.2) is 9.78 Å². The quantitative estimate of drug-likeness (QED) is 0.644. The Balaban J connectivity index is 1.94. The van der Waals surface area contributed by atoms with Crippen LogP contribution in [0.5, 0.6) is 0 Å². The number of nitrogens with one attached hydrogen (secondary N) is 3. The molecule has 0 saturated carbocycles. The second kappa shape index (κ2) is 7.36. The minimum atomic E-state index is -0.300. The van der Waals surface area contributed by atoms with Gasteiger partial charge in [0.15, 0.2) is 0 Å². The van der Waals surface area contributed by atoms with E-state index in [9.17, 15) is 4.79 Å². The van der Waals surface area contributed by atoms with Crippen molar-refractivity contribution in [2.75, 3.05) is 17.2 Å². The maximum absolute atomic E-state index is 11.7. The summed E-state index contributed by atoms with van der Waals surface area (Å²) >= 11 is 6.33. The zero-order valence-electron chi connectivity index (χ0n) is 13.9. The van der Waals surface area contributed by atoms with Crippen LogP contribution in [0.15, 0.2) is 42.7 Å². The highest BCUT2D eigenvalue weighted by atomic mass is 35.5. The van der Waals surface area contributed by atoms with Gasteiger partial charge in [0, 0.05) is 39.9 Å². The summed E-state index contributed by atoms with van der Waals surface area (Å²) in [5, 5.41) is 10.9. The zero-order valence-corrected chi connectivity index (χ0v) is 14.7. The molecule has 3 aromatic rings. The Hall–Kier alpha value is -2.86. The fourth-order valence-corrected chi connectivity index (χ4v) is 2.62. The molecule has 2 heterocycles. The third-order valence-electron chi connectivity index (χ3n) is 3.62.